The molecule has 0 aromatic heterocycles. The summed E-state index contributed by atoms with van der Waals surface area (Å²) in [6.07, 6.45) is 1.63. The van der Waals surface area contributed by atoms with Gasteiger partial charge in [-0.05, 0) is 35.2 Å². The van der Waals surface area contributed by atoms with Gasteiger partial charge in [-0.25, -0.2) is 0 Å². The lowest BCUT2D eigenvalue weighted by atomic mass is 10.1. The van der Waals surface area contributed by atoms with Crippen molar-refractivity contribution in [2.24, 2.45) is 4.99 Å². The Morgan fingerprint density at radius 3 is 2.00 bits per heavy atom. The number of halogens is 1. The molecule has 2 N–H and O–H groups in total. The number of carbonyl (C=O) groups is 1. The Morgan fingerprint density at radius 1 is 0.939 bits per heavy atom. The van der Waals surface area contributed by atoms with Gasteiger partial charge in [0.1, 0.15) is 0 Å². The van der Waals surface area contributed by atoms with Crippen LogP contribution >= 0.6 is 24.0 Å². The molecule has 1 aliphatic heterocycles. The van der Waals surface area contributed by atoms with Crippen molar-refractivity contribution in [3.63, 3.8) is 0 Å². The first kappa shape index (κ1) is 26.6. The molecule has 1 aliphatic rings. The van der Waals surface area contributed by atoms with E-state index < -0.39 is 0 Å². The lowest BCUT2D eigenvalue weighted by Crippen LogP contribution is -2.36. The van der Waals surface area contributed by atoms with Crippen LogP contribution in [0.15, 0.2) is 41.4 Å². The van der Waals surface area contributed by atoms with Crippen molar-refractivity contribution in [3.05, 3.63) is 53.1 Å². The highest BCUT2D eigenvalue weighted by atomic mass is 127. The van der Waals surface area contributed by atoms with Gasteiger partial charge in [-0.1, -0.05) is 24.3 Å². The van der Waals surface area contributed by atoms with E-state index in [1.807, 2.05) is 17.0 Å². The van der Waals surface area contributed by atoms with Crippen molar-refractivity contribution in [2.45, 2.75) is 32.5 Å². The highest BCUT2D eigenvalue weighted by molar-refractivity contribution is 14.0. The minimum Gasteiger partial charge on any atom is -0.493 e. The Morgan fingerprint density at radius 2 is 1.52 bits per heavy atom. The SMILES string of the molecule is CN=C(NCc1ccc(CN2CCCC2=O)cc1)NCc1cc(OC)c(OC)c(OC)c1.I. The molecule has 1 amide bonds. The Balaban J connectivity index is 0.00000385. The zero-order chi connectivity index (χ0) is 22.9. The topological polar surface area (TPSA) is 84.4 Å². The minimum absolute atomic E-state index is 0. The van der Waals surface area contributed by atoms with Crippen LogP contribution in [-0.2, 0) is 24.4 Å². The van der Waals surface area contributed by atoms with Crippen LogP contribution in [-0.4, -0.2) is 51.7 Å². The predicted molar refractivity (Wildman–Crippen MR) is 140 cm³/mol. The fourth-order valence-corrected chi connectivity index (χ4v) is 3.68. The summed E-state index contributed by atoms with van der Waals surface area (Å²) in [6.45, 7) is 2.72. The summed E-state index contributed by atoms with van der Waals surface area (Å²) in [6, 6.07) is 12.1. The second-order valence-corrected chi connectivity index (χ2v) is 7.55. The molecular weight excluding hydrogens is 535 g/mol. The molecule has 180 valence electrons. The van der Waals surface area contributed by atoms with Gasteiger partial charge >= 0.3 is 0 Å². The second kappa shape index (κ2) is 13.1. The molecule has 1 fully saturated rings. The van der Waals surface area contributed by atoms with Gasteiger partial charge in [0.05, 0.1) is 21.3 Å². The summed E-state index contributed by atoms with van der Waals surface area (Å²) in [7, 11) is 6.52. The maximum Gasteiger partial charge on any atom is 0.222 e. The van der Waals surface area contributed by atoms with Crippen molar-refractivity contribution < 1.29 is 19.0 Å². The number of ether oxygens (including phenoxy) is 3. The van der Waals surface area contributed by atoms with Crippen molar-refractivity contribution in [1.29, 1.82) is 0 Å². The highest BCUT2D eigenvalue weighted by Crippen LogP contribution is 2.38. The van der Waals surface area contributed by atoms with E-state index in [1.54, 1.807) is 28.4 Å². The number of benzene rings is 2. The van der Waals surface area contributed by atoms with Gasteiger partial charge in [-0.2, -0.15) is 0 Å². The average molecular weight is 568 g/mol. The third-order valence-electron chi connectivity index (χ3n) is 5.44. The molecule has 0 bridgehead atoms. The number of amides is 1. The molecule has 8 nitrogen and oxygen atoms in total. The summed E-state index contributed by atoms with van der Waals surface area (Å²) < 4.78 is 16.2. The Kier molecular flexibility index (Phi) is 10.6. The molecule has 1 heterocycles. The van der Waals surface area contributed by atoms with Crippen molar-refractivity contribution >= 4 is 35.8 Å². The highest BCUT2D eigenvalue weighted by Gasteiger charge is 2.19. The summed E-state index contributed by atoms with van der Waals surface area (Å²) >= 11 is 0. The van der Waals surface area contributed by atoms with E-state index in [-0.39, 0.29) is 29.9 Å². The van der Waals surface area contributed by atoms with Gasteiger partial charge in [-0.3, -0.25) is 9.79 Å². The van der Waals surface area contributed by atoms with Crippen LogP contribution in [0, 0.1) is 0 Å². The third kappa shape index (κ3) is 7.15. The van der Waals surface area contributed by atoms with E-state index in [4.69, 9.17) is 14.2 Å². The van der Waals surface area contributed by atoms with Crippen molar-refractivity contribution in [2.75, 3.05) is 34.9 Å². The van der Waals surface area contributed by atoms with Gasteiger partial charge in [0.25, 0.3) is 0 Å². The molecule has 3 rings (SSSR count). The fraction of sp³-hybridized carbons (Fsp3) is 0.417. The molecule has 2 aromatic carbocycles. The number of hydrogen-bond acceptors (Lipinski definition) is 5. The first-order valence-electron chi connectivity index (χ1n) is 10.7. The van der Waals surface area contributed by atoms with Crippen LogP contribution in [0.4, 0.5) is 0 Å². The monoisotopic (exact) mass is 568 g/mol. The van der Waals surface area contributed by atoms with E-state index in [0.717, 1.165) is 29.7 Å². The summed E-state index contributed by atoms with van der Waals surface area (Å²) in [4.78, 5) is 18.0. The van der Waals surface area contributed by atoms with Crippen LogP contribution in [0.5, 0.6) is 17.2 Å². The van der Waals surface area contributed by atoms with E-state index in [0.29, 0.717) is 49.3 Å². The molecule has 33 heavy (non-hydrogen) atoms. The number of nitrogens with zero attached hydrogens (tertiary/aromatic N) is 2. The fourth-order valence-electron chi connectivity index (χ4n) is 3.68. The van der Waals surface area contributed by atoms with Crippen molar-refractivity contribution in [3.8, 4) is 17.2 Å². The molecular formula is C24H33IN4O4. The van der Waals surface area contributed by atoms with Gasteiger partial charge in [0.15, 0.2) is 17.5 Å². The van der Waals surface area contributed by atoms with Gasteiger partial charge in [0, 0.05) is 39.6 Å². The molecule has 2 aromatic rings. The average Bonchev–Trinajstić information content (AvgIpc) is 3.23. The van der Waals surface area contributed by atoms with Gasteiger partial charge in [0.2, 0.25) is 11.7 Å². The number of methoxy groups -OCH3 is 3. The van der Waals surface area contributed by atoms with Crippen LogP contribution < -0.4 is 24.8 Å². The Bertz CT molecular complexity index is 925. The minimum atomic E-state index is 0. The normalized spacial score (nSPS) is 13.4. The first-order chi connectivity index (χ1) is 15.6. The quantitative estimate of drug-likeness (QED) is 0.275. The largest absolute Gasteiger partial charge is 0.493 e. The van der Waals surface area contributed by atoms with E-state index in [2.05, 4.69) is 39.9 Å². The summed E-state index contributed by atoms with van der Waals surface area (Å²) in [5.74, 6) is 2.73. The second-order valence-electron chi connectivity index (χ2n) is 7.55. The lowest BCUT2D eigenvalue weighted by Gasteiger charge is -2.17. The number of aliphatic imine (C=N–C) groups is 1. The van der Waals surface area contributed by atoms with Crippen molar-refractivity contribution in [1.82, 2.24) is 15.5 Å². The zero-order valence-electron chi connectivity index (χ0n) is 19.6. The van der Waals surface area contributed by atoms with Crippen LogP contribution in [0.25, 0.3) is 0 Å². The van der Waals surface area contributed by atoms with E-state index in [9.17, 15) is 4.79 Å². The number of rotatable bonds is 9. The maximum atomic E-state index is 11.8. The molecule has 0 atom stereocenters. The smallest absolute Gasteiger partial charge is 0.222 e. The molecule has 0 radical (unpaired) electrons. The molecule has 0 aliphatic carbocycles. The maximum absolute atomic E-state index is 11.8. The Hall–Kier alpha value is -2.69. The number of carbonyl (C=O) groups excluding carboxylic acids is 1. The number of hydrogen-bond donors (Lipinski definition) is 2. The molecule has 0 spiro atoms. The van der Waals surface area contributed by atoms with E-state index in [1.165, 1.54) is 0 Å². The third-order valence-corrected chi connectivity index (χ3v) is 5.44. The standard InChI is InChI=1S/C24H32N4O4.HI/c1-25-24(27-15-19-12-20(30-2)23(32-4)21(13-19)31-3)26-14-17-7-9-18(10-8-17)16-28-11-5-6-22(28)29;/h7-10,12-13H,5-6,11,14-16H2,1-4H3,(H2,25,26,27);1H. The predicted octanol–water partition coefficient (Wildman–Crippen LogP) is 3.32. The summed E-state index contributed by atoms with van der Waals surface area (Å²) in [5.41, 5.74) is 3.26. The van der Waals surface area contributed by atoms with Crippen LogP contribution in [0.1, 0.15) is 29.5 Å². The molecule has 0 saturated carbocycles. The van der Waals surface area contributed by atoms with E-state index >= 15 is 0 Å². The zero-order valence-corrected chi connectivity index (χ0v) is 22.0. The number of nitrogens with one attached hydrogen (secondary N) is 2. The van der Waals surface area contributed by atoms with Crippen LogP contribution in [0.2, 0.25) is 0 Å². The first-order valence-corrected chi connectivity index (χ1v) is 10.7. The number of likely N-dealkylation sites (tertiary alicyclic amines) is 1. The molecule has 0 unspecified atom stereocenters. The molecule has 1 saturated heterocycles. The van der Waals surface area contributed by atoms with Gasteiger partial charge < -0.3 is 29.7 Å². The number of guanidine groups is 1. The lowest BCUT2D eigenvalue weighted by molar-refractivity contribution is -0.128. The summed E-state index contributed by atoms with van der Waals surface area (Å²) in [5, 5.41) is 6.63. The Labute approximate surface area is 212 Å². The van der Waals surface area contributed by atoms with Gasteiger partial charge in [-0.15, -0.1) is 24.0 Å². The molecule has 9 heteroatoms. The van der Waals surface area contributed by atoms with Crippen LogP contribution in [0.3, 0.4) is 0 Å².